The number of carbonyl (C=O) groups excluding carboxylic acids is 2. The SMILES string of the molecule is COCCCN1CC2(CCCCN2C(=O)C2CC(O)C2)CC1=O. The molecule has 0 bridgehead atoms. The third-order valence-electron chi connectivity index (χ3n) is 5.67. The molecule has 0 aromatic heterocycles. The molecule has 130 valence electrons. The molecule has 3 rings (SSSR count). The minimum atomic E-state index is -0.319. The first-order valence-corrected chi connectivity index (χ1v) is 8.82. The molecular formula is C17H28N2O4. The smallest absolute Gasteiger partial charge is 0.226 e. The lowest BCUT2D eigenvalue weighted by molar-refractivity contribution is -0.151. The summed E-state index contributed by atoms with van der Waals surface area (Å²) < 4.78 is 5.07. The first-order chi connectivity index (χ1) is 11.1. The first kappa shape index (κ1) is 16.7. The average molecular weight is 324 g/mol. The molecule has 1 N–H and O–H groups in total. The summed E-state index contributed by atoms with van der Waals surface area (Å²) in [6.07, 6.45) is 5.15. The van der Waals surface area contributed by atoms with Gasteiger partial charge in [-0.15, -0.1) is 0 Å². The number of hydrogen-bond acceptors (Lipinski definition) is 4. The van der Waals surface area contributed by atoms with Crippen LogP contribution in [-0.4, -0.2) is 71.7 Å². The van der Waals surface area contributed by atoms with Crippen molar-refractivity contribution >= 4 is 11.8 Å². The fourth-order valence-electron chi connectivity index (χ4n) is 4.29. The van der Waals surface area contributed by atoms with Crippen molar-refractivity contribution in [2.24, 2.45) is 5.92 Å². The molecular weight excluding hydrogens is 296 g/mol. The van der Waals surface area contributed by atoms with Crippen molar-refractivity contribution in [1.82, 2.24) is 9.80 Å². The second-order valence-corrected chi connectivity index (χ2v) is 7.33. The van der Waals surface area contributed by atoms with E-state index < -0.39 is 0 Å². The van der Waals surface area contributed by atoms with Crippen molar-refractivity contribution in [2.45, 2.75) is 56.6 Å². The summed E-state index contributed by atoms with van der Waals surface area (Å²) in [5.74, 6) is 0.272. The number of ether oxygens (including phenoxy) is 1. The topological polar surface area (TPSA) is 70.1 Å². The molecule has 3 aliphatic rings. The largest absolute Gasteiger partial charge is 0.393 e. The summed E-state index contributed by atoms with van der Waals surface area (Å²) in [4.78, 5) is 29.1. The van der Waals surface area contributed by atoms with E-state index in [2.05, 4.69) is 0 Å². The number of aliphatic hydroxyl groups is 1. The van der Waals surface area contributed by atoms with Crippen LogP contribution in [0.5, 0.6) is 0 Å². The number of nitrogens with zero attached hydrogens (tertiary/aromatic N) is 2. The van der Waals surface area contributed by atoms with Crippen molar-refractivity contribution in [1.29, 1.82) is 0 Å². The number of carbonyl (C=O) groups is 2. The Labute approximate surface area is 137 Å². The number of aliphatic hydroxyl groups excluding tert-OH is 1. The predicted octanol–water partition coefficient (Wildman–Crippen LogP) is 0.777. The molecule has 3 fully saturated rings. The Morgan fingerprint density at radius 3 is 2.87 bits per heavy atom. The van der Waals surface area contributed by atoms with E-state index >= 15 is 0 Å². The van der Waals surface area contributed by atoms with Crippen LogP contribution in [0.25, 0.3) is 0 Å². The molecule has 0 aromatic rings. The monoisotopic (exact) mass is 324 g/mol. The van der Waals surface area contributed by atoms with Gasteiger partial charge < -0.3 is 19.6 Å². The quantitative estimate of drug-likeness (QED) is 0.759. The van der Waals surface area contributed by atoms with Gasteiger partial charge in [-0.2, -0.15) is 0 Å². The van der Waals surface area contributed by atoms with E-state index in [1.807, 2.05) is 9.80 Å². The minimum absolute atomic E-state index is 0.0439. The van der Waals surface area contributed by atoms with Crippen molar-refractivity contribution < 1.29 is 19.4 Å². The third-order valence-corrected chi connectivity index (χ3v) is 5.67. The van der Waals surface area contributed by atoms with Gasteiger partial charge in [-0.05, 0) is 38.5 Å². The van der Waals surface area contributed by atoms with Crippen LogP contribution in [0.2, 0.25) is 0 Å². The van der Waals surface area contributed by atoms with Crippen LogP contribution >= 0.6 is 0 Å². The van der Waals surface area contributed by atoms with Crippen LogP contribution < -0.4 is 0 Å². The molecule has 23 heavy (non-hydrogen) atoms. The Kier molecular flexibility index (Phi) is 4.92. The molecule has 2 aliphatic heterocycles. The van der Waals surface area contributed by atoms with E-state index in [9.17, 15) is 14.7 Å². The number of rotatable bonds is 5. The maximum atomic E-state index is 12.8. The number of likely N-dealkylation sites (tertiary alicyclic amines) is 2. The second kappa shape index (κ2) is 6.77. The molecule has 1 aliphatic carbocycles. The molecule has 1 saturated carbocycles. The lowest BCUT2D eigenvalue weighted by atomic mass is 9.78. The fraction of sp³-hybridized carbons (Fsp3) is 0.882. The lowest BCUT2D eigenvalue weighted by Crippen LogP contribution is -2.59. The molecule has 1 atom stereocenters. The highest BCUT2D eigenvalue weighted by Gasteiger charge is 2.51. The highest BCUT2D eigenvalue weighted by atomic mass is 16.5. The van der Waals surface area contributed by atoms with Crippen molar-refractivity contribution in [3.8, 4) is 0 Å². The third kappa shape index (κ3) is 3.24. The summed E-state index contributed by atoms with van der Waals surface area (Å²) in [5.41, 5.74) is -0.306. The highest BCUT2D eigenvalue weighted by molar-refractivity contribution is 5.85. The van der Waals surface area contributed by atoms with Crippen LogP contribution in [0.15, 0.2) is 0 Å². The zero-order chi connectivity index (χ0) is 16.4. The van der Waals surface area contributed by atoms with Crippen molar-refractivity contribution in [3.05, 3.63) is 0 Å². The summed E-state index contributed by atoms with van der Waals surface area (Å²) in [7, 11) is 1.67. The van der Waals surface area contributed by atoms with Crippen LogP contribution in [0.1, 0.15) is 44.9 Å². The van der Waals surface area contributed by atoms with Gasteiger partial charge in [0.25, 0.3) is 0 Å². The molecule has 0 radical (unpaired) electrons. The van der Waals surface area contributed by atoms with E-state index in [4.69, 9.17) is 4.74 Å². The van der Waals surface area contributed by atoms with E-state index in [1.165, 1.54) is 0 Å². The first-order valence-electron chi connectivity index (χ1n) is 8.82. The van der Waals surface area contributed by atoms with Gasteiger partial charge in [0.2, 0.25) is 11.8 Å². The number of methoxy groups -OCH3 is 1. The van der Waals surface area contributed by atoms with Gasteiger partial charge in [0, 0.05) is 39.3 Å². The Bertz CT molecular complexity index is 464. The van der Waals surface area contributed by atoms with Gasteiger partial charge in [-0.1, -0.05) is 0 Å². The lowest BCUT2D eigenvalue weighted by Gasteiger charge is -2.47. The summed E-state index contributed by atoms with van der Waals surface area (Å²) >= 11 is 0. The molecule has 2 amide bonds. The van der Waals surface area contributed by atoms with E-state index in [-0.39, 0.29) is 29.4 Å². The van der Waals surface area contributed by atoms with Crippen molar-refractivity contribution in [3.63, 3.8) is 0 Å². The number of hydrogen-bond donors (Lipinski definition) is 1. The minimum Gasteiger partial charge on any atom is -0.393 e. The van der Waals surface area contributed by atoms with Gasteiger partial charge in [-0.3, -0.25) is 9.59 Å². The molecule has 6 heteroatoms. The second-order valence-electron chi connectivity index (χ2n) is 7.33. The Balaban J connectivity index is 1.68. The Morgan fingerprint density at radius 2 is 2.17 bits per heavy atom. The van der Waals surface area contributed by atoms with Crippen molar-refractivity contribution in [2.75, 3.05) is 33.4 Å². The summed E-state index contributed by atoms with van der Waals surface area (Å²) in [6, 6.07) is 0. The standard InChI is InChI=1S/C17H28N2O4/c1-23-8-4-6-18-12-17(11-15(18)21)5-2-3-7-19(17)16(22)13-9-14(20)10-13/h13-14,20H,2-12H2,1H3. The molecule has 1 spiro atoms. The summed E-state index contributed by atoms with van der Waals surface area (Å²) in [5, 5.41) is 9.48. The fourth-order valence-corrected chi connectivity index (χ4v) is 4.29. The number of piperidine rings is 1. The maximum absolute atomic E-state index is 12.8. The van der Waals surface area contributed by atoms with E-state index in [0.29, 0.717) is 39.0 Å². The summed E-state index contributed by atoms with van der Waals surface area (Å²) in [6.45, 7) is 2.78. The average Bonchev–Trinajstić information content (AvgIpc) is 2.80. The van der Waals surface area contributed by atoms with E-state index in [1.54, 1.807) is 7.11 Å². The normalized spacial score (nSPS) is 34.1. The van der Waals surface area contributed by atoms with Crippen LogP contribution in [0.3, 0.4) is 0 Å². The zero-order valence-corrected chi connectivity index (χ0v) is 14.0. The number of amides is 2. The van der Waals surface area contributed by atoms with Crippen LogP contribution in [0, 0.1) is 5.92 Å². The zero-order valence-electron chi connectivity index (χ0n) is 14.0. The molecule has 6 nitrogen and oxygen atoms in total. The Morgan fingerprint density at radius 1 is 1.39 bits per heavy atom. The molecule has 2 heterocycles. The maximum Gasteiger partial charge on any atom is 0.226 e. The van der Waals surface area contributed by atoms with Gasteiger partial charge >= 0.3 is 0 Å². The van der Waals surface area contributed by atoms with Gasteiger partial charge in [0.15, 0.2) is 0 Å². The van der Waals surface area contributed by atoms with Gasteiger partial charge in [-0.25, -0.2) is 0 Å². The Hall–Kier alpha value is -1.14. The van der Waals surface area contributed by atoms with Gasteiger partial charge in [0.1, 0.15) is 0 Å². The van der Waals surface area contributed by atoms with E-state index in [0.717, 1.165) is 32.2 Å². The molecule has 1 unspecified atom stereocenters. The molecule has 0 aromatic carbocycles. The van der Waals surface area contributed by atoms with Gasteiger partial charge in [0.05, 0.1) is 18.1 Å². The predicted molar refractivity (Wildman–Crippen MR) is 84.7 cm³/mol. The highest BCUT2D eigenvalue weighted by Crippen LogP contribution is 2.40. The molecule has 2 saturated heterocycles. The van der Waals surface area contributed by atoms with Crippen LogP contribution in [0.4, 0.5) is 0 Å². The van der Waals surface area contributed by atoms with Crippen LogP contribution in [-0.2, 0) is 14.3 Å².